The molecule has 21 heavy (non-hydrogen) atoms. The van der Waals surface area contributed by atoms with E-state index in [0.717, 1.165) is 11.8 Å². The number of hydrogen-bond acceptors (Lipinski definition) is 4. The Bertz CT molecular complexity index is 588. The van der Waals surface area contributed by atoms with Crippen molar-refractivity contribution in [2.45, 2.75) is 24.9 Å². The number of nitrogens with one attached hydrogen (secondary N) is 1. The molecule has 1 unspecified atom stereocenters. The Morgan fingerprint density at radius 1 is 1.43 bits per heavy atom. The van der Waals surface area contributed by atoms with Crippen LogP contribution in [0, 0.1) is 0 Å². The van der Waals surface area contributed by atoms with Gasteiger partial charge in [-0.2, -0.15) is 4.31 Å². The van der Waals surface area contributed by atoms with Gasteiger partial charge in [-0.25, -0.2) is 8.42 Å². The second kappa shape index (κ2) is 6.55. The summed E-state index contributed by atoms with van der Waals surface area (Å²) in [5.74, 6) is -0.360. The van der Waals surface area contributed by atoms with E-state index in [0.29, 0.717) is 19.4 Å². The van der Waals surface area contributed by atoms with E-state index in [1.54, 1.807) is 0 Å². The van der Waals surface area contributed by atoms with E-state index in [2.05, 4.69) is 5.32 Å². The summed E-state index contributed by atoms with van der Waals surface area (Å²) < 4.78 is 24.6. The van der Waals surface area contributed by atoms with E-state index in [9.17, 15) is 18.3 Å². The molecule has 1 fully saturated rings. The van der Waals surface area contributed by atoms with Gasteiger partial charge >= 0.3 is 0 Å². The first-order valence-electron chi connectivity index (χ1n) is 6.86. The molecular formula is C14H20N2O4S. The summed E-state index contributed by atoms with van der Waals surface area (Å²) in [6.07, 6.45) is 2.28. The fourth-order valence-electron chi connectivity index (χ4n) is 2.59. The number of rotatable bonds is 5. The maximum Gasteiger partial charge on any atom is 0.239 e. The molecule has 0 saturated carbocycles. The Morgan fingerprint density at radius 2 is 2.10 bits per heavy atom. The quantitative estimate of drug-likeness (QED) is 0.816. The molecule has 0 aromatic heterocycles. The molecule has 1 saturated heterocycles. The predicted octanol–water partition coefficient (Wildman–Crippen LogP) is 0.260. The predicted molar refractivity (Wildman–Crippen MR) is 79.0 cm³/mol. The lowest BCUT2D eigenvalue weighted by molar-refractivity contribution is -0.125. The largest absolute Gasteiger partial charge is 0.394 e. The first kappa shape index (κ1) is 15.9. The van der Waals surface area contributed by atoms with Gasteiger partial charge in [0.2, 0.25) is 15.9 Å². The van der Waals surface area contributed by atoms with Crippen molar-refractivity contribution in [1.82, 2.24) is 9.62 Å². The van der Waals surface area contributed by atoms with Crippen LogP contribution in [0.4, 0.5) is 0 Å². The molecule has 1 aliphatic rings. The van der Waals surface area contributed by atoms with Gasteiger partial charge in [-0.15, -0.1) is 0 Å². The Hall–Kier alpha value is -1.44. The molecule has 116 valence electrons. The van der Waals surface area contributed by atoms with Gasteiger partial charge in [0.25, 0.3) is 0 Å². The van der Waals surface area contributed by atoms with E-state index in [1.165, 1.54) is 4.31 Å². The Kier molecular flexibility index (Phi) is 4.97. The molecular weight excluding hydrogens is 292 g/mol. The van der Waals surface area contributed by atoms with Crippen molar-refractivity contribution in [2.24, 2.45) is 0 Å². The number of aliphatic hydroxyl groups excluding tert-OH is 1. The van der Waals surface area contributed by atoms with E-state index >= 15 is 0 Å². The van der Waals surface area contributed by atoms with Gasteiger partial charge in [-0.05, 0) is 18.4 Å². The number of amides is 1. The fraction of sp³-hybridized carbons (Fsp3) is 0.500. The van der Waals surface area contributed by atoms with Gasteiger partial charge in [0.05, 0.1) is 18.9 Å². The fourth-order valence-corrected chi connectivity index (χ4v) is 3.71. The molecule has 0 bridgehead atoms. The minimum Gasteiger partial charge on any atom is -0.394 e. The lowest BCUT2D eigenvalue weighted by Gasteiger charge is -2.24. The van der Waals surface area contributed by atoms with Crippen molar-refractivity contribution in [3.8, 4) is 0 Å². The Morgan fingerprint density at radius 3 is 2.67 bits per heavy atom. The zero-order valence-electron chi connectivity index (χ0n) is 11.9. The summed E-state index contributed by atoms with van der Waals surface area (Å²) in [6.45, 7) is 0.132. The lowest BCUT2D eigenvalue weighted by Crippen LogP contribution is -2.47. The molecule has 2 atom stereocenters. The normalized spacial score (nSPS) is 21.1. The molecule has 7 heteroatoms. The number of sulfonamides is 1. The smallest absolute Gasteiger partial charge is 0.239 e. The first-order valence-corrected chi connectivity index (χ1v) is 8.71. The van der Waals surface area contributed by atoms with E-state index in [1.807, 2.05) is 30.3 Å². The molecule has 2 N–H and O–H groups in total. The number of carbonyl (C=O) groups excluding carboxylic acids is 1. The second-order valence-corrected chi connectivity index (χ2v) is 7.12. The topological polar surface area (TPSA) is 86.7 Å². The van der Waals surface area contributed by atoms with Crippen LogP contribution in [-0.4, -0.2) is 49.2 Å². The molecule has 1 aromatic rings. The molecule has 0 spiro atoms. The SMILES string of the molecule is CS(=O)(=O)N1CCCC1C(=O)N[C@@H](CO)c1ccccc1. The molecule has 2 rings (SSSR count). The molecule has 0 radical (unpaired) electrons. The van der Waals surface area contributed by atoms with E-state index < -0.39 is 22.1 Å². The maximum atomic E-state index is 12.3. The Labute approximate surface area is 124 Å². The monoisotopic (exact) mass is 312 g/mol. The van der Waals surface area contributed by atoms with Gasteiger partial charge in [0.1, 0.15) is 6.04 Å². The highest BCUT2D eigenvalue weighted by atomic mass is 32.2. The van der Waals surface area contributed by atoms with Crippen LogP contribution in [0.15, 0.2) is 30.3 Å². The average Bonchev–Trinajstić information content (AvgIpc) is 2.95. The number of benzene rings is 1. The zero-order valence-corrected chi connectivity index (χ0v) is 12.7. The van der Waals surface area contributed by atoms with Crippen molar-refractivity contribution in [2.75, 3.05) is 19.4 Å². The Balaban J connectivity index is 2.10. The van der Waals surface area contributed by atoms with Crippen molar-refractivity contribution < 1.29 is 18.3 Å². The lowest BCUT2D eigenvalue weighted by atomic mass is 10.1. The number of carbonyl (C=O) groups is 1. The standard InChI is InChI=1S/C14H20N2O4S/c1-21(19,20)16-9-5-8-13(16)14(18)15-12(10-17)11-6-3-2-4-7-11/h2-4,6-7,12-13,17H,5,8-10H2,1H3,(H,15,18)/t12-,13?/m0/s1. The van der Waals surface area contributed by atoms with Crippen LogP contribution in [0.5, 0.6) is 0 Å². The summed E-state index contributed by atoms with van der Waals surface area (Å²) in [6, 6.07) is 7.90. The summed E-state index contributed by atoms with van der Waals surface area (Å²) in [5, 5.41) is 12.2. The van der Waals surface area contributed by atoms with E-state index in [4.69, 9.17) is 0 Å². The van der Waals surface area contributed by atoms with Crippen molar-refractivity contribution in [1.29, 1.82) is 0 Å². The third-order valence-corrected chi connectivity index (χ3v) is 4.92. The van der Waals surface area contributed by atoms with Crippen LogP contribution >= 0.6 is 0 Å². The van der Waals surface area contributed by atoms with Crippen LogP contribution in [0.25, 0.3) is 0 Å². The van der Waals surface area contributed by atoms with Gasteiger partial charge in [0, 0.05) is 6.54 Å². The van der Waals surface area contributed by atoms with Crippen LogP contribution in [-0.2, 0) is 14.8 Å². The van der Waals surface area contributed by atoms with Crippen LogP contribution in [0.1, 0.15) is 24.4 Å². The van der Waals surface area contributed by atoms with Gasteiger partial charge in [-0.1, -0.05) is 30.3 Å². The van der Waals surface area contributed by atoms with Crippen molar-refractivity contribution >= 4 is 15.9 Å². The number of hydrogen-bond donors (Lipinski definition) is 2. The van der Waals surface area contributed by atoms with Crippen LogP contribution in [0.2, 0.25) is 0 Å². The molecule has 1 aromatic carbocycles. The highest BCUT2D eigenvalue weighted by molar-refractivity contribution is 7.88. The molecule has 1 heterocycles. The van der Waals surface area contributed by atoms with Crippen molar-refractivity contribution in [3.63, 3.8) is 0 Å². The third-order valence-electron chi connectivity index (χ3n) is 3.63. The number of nitrogens with zero attached hydrogens (tertiary/aromatic N) is 1. The highest BCUT2D eigenvalue weighted by Crippen LogP contribution is 2.21. The van der Waals surface area contributed by atoms with Gasteiger partial charge < -0.3 is 10.4 Å². The summed E-state index contributed by atoms with van der Waals surface area (Å²) in [5.41, 5.74) is 0.789. The van der Waals surface area contributed by atoms with E-state index in [-0.39, 0.29) is 12.5 Å². The summed E-state index contributed by atoms with van der Waals surface area (Å²) in [7, 11) is -3.39. The molecule has 1 aliphatic heterocycles. The van der Waals surface area contributed by atoms with Crippen molar-refractivity contribution in [3.05, 3.63) is 35.9 Å². The molecule has 0 aliphatic carbocycles. The minimum absolute atomic E-state index is 0.235. The van der Waals surface area contributed by atoms with Gasteiger partial charge in [-0.3, -0.25) is 4.79 Å². The van der Waals surface area contributed by atoms with Crippen LogP contribution < -0.4 is 5.32 Å². The zero-order chi connectivity index (χ0) is 15.5. The third kappa shape index (κ3) is 3.81. The summed E-state index contributed by atoms with van der Waals surface area (Å²) in [4.78, 5) is 12.3. The van der Waals surface area contributed by atoms with Gasteiger partial charge in [0.15, 0.2) is 0 Å². The molecule has 1 amide bonds. The highest BCUT2D eigenvalue weighted by Gasteiger charge is 2.37. The minimum atomic E-state index is -3.39. The maximum absolute atomic E-state index is 12.3. The average molecular weight is 312 g/mol. The van der Waals surface area contributed by atoms with Crippen LogP contribution in [0.3, 0.4) is 0 Å². The number of aliphatic hydroxyl groups is 1. The first-order chi connectivity index (χ1) is 9.93. The second-order valence-electron chi connectivity index (χ2n) is 5.19. The summed E-state index contributed by atoms with van der Waals surface area (Å²) >= 11 is 0. The molecule has 6 nitrogen and oxygen atoms in total.